The molecule has 2 fully saturated rings. The molecule has 2 saturated heterocycles. The third-order valence-corrected chi connectivity index (χ3v) is 5.75. The summed E-state index contributed by atoms with van der Waals surface area (Å²) in [6.45, 7) is 3.93. The number of non-ortho nitro benzene ring substituents is 1. The highest BCUT2D eigenvalue weighted by atomic mass is 16.6. The van der Waals surface area contributed by atoms with E-state index in [9.17, 15) is 24.5 Å². The number of nitrogens with one attached hydrogen (secondary N) is 1. The van der Waals surface area contributed by atoms with Crippen LogP contribution in [0.15, 0.2) is 48.5 Å². The number of anilines is 3. The van der Waals surface area contributed by atoms with Crippen LogP contribution in [0.4, 0.5) is 22.7 Å². The van der Waals surface area contributed by atoms with Crippen LogP contribution in [-0.4, -0.2) is 59.8 Å². The molecule has 2 aromatic carbocycles. The van der Waals surface area contributed by atoms with E-state index in [0.29, 0.717) is 37.6 Å². The molecule has 0 aliphatic carbocycles. The number of benzene rings is 2. The summed E-state index contributed by atoms with van der Waals surface area (Å²) < 4.78 is 0. The number of carbonyl (C=O) groups excluding carboxylic acids is 3. The molecule has 0 radical (unpaired) electrons. The minimum atomic E-state index is -0.503. The topological polar surface area (TPSA) is 116 Å². The number of hydrogen-bond donors (Lipinski definition) is 1. The van der Waals surface area contributed by atoms with Crippen molar-refractivity contribution < 1.29 is 19.3 Å². The number of hydrogen-bond acceptors (Lipinski definition) is 7. The third-order valence-electron chi connectivity index (χ3n) is 5.75. The zero-order chi connectivity index (χ0) is 22.8. The van der Waals surface area contributed by atoms with Gasteiger partial charge in [0.05, 0.1) is 23.1 Å². The van der Waals surface area contributed by atoms with Crippen molar-refractivity contribution in [3.63, 3.8) is 0 Å². The Kier molecular flexibility index (Phi) is 5.87. The molecule has 2 aromatic rings. The van der Waals surface area contributed by atoms with Crippen LogP contribution >= 0.6 is 0 Å². The summed E-state index contributed by atoms with van der Waals surface area (Å²) >= 11 is 0. The molecule has 0 saturated carbocycles. The fraction of sp³-hybridized carbons (Fsp3) is 0.318. The van der Waals surface area contributed by atoms with E-state index in [4.69, 9.17) is 0 Å². The average Bonchev–Trinajstić information content (AvgIpc) is 3.08. The second-order valence-corrected chi connectivity index (χ2v) is 7.81. The third kappa shape index (κ3) is 4.30. The van der Waals surface area contributed by atoms with Gasteiger partial charge in [0.25, 0.3) is 11.6 Å². The van der Waals surface area contributed by atoms with E-state index < -0.39 is 11.0 Å². The van der Waals surface area contributed by atoms with E-state index in [2.05, 4.69) is 10.2 Å². The predicted molar refractivity (Wildman–Crippen MR) is 119 cm³/mol. The number of nitro groups is 1. The molecule has 10 nitrogen and oxygen atoms in total. The quantitative estimate of drug-likeness (QED) is 0.432. The van der Waals surface area contributed by atoms with Crippen LogP contribution in [0.2, 0.25) is 0 Å². The first-order valence-corrected chi connectivity index (χ1v) is 10.3. The number of nitro benzene ring substituents is 1. The van der Waals surface area contributed by atoms with Crippen LogP contribution in [-0.2, 0) is 14.4 Å². The summed E-state index contributed by atoms with van der Waals surface area (Å²) in [7, 11) is 0. The zero-order valence-electron chi connectivity index (χ0n) is 17.6. The average molecular weight is 437 g/mol. The van der Waals surface area contributed by atoms with Crippen LogP contribution in [0.3, 0.4) is 0 Å². The second-order valence-electron chi connectivity index (χ2n) is 7.81. The van der Waals surface area contributed by atoms with Gasteiger partial charge in [0.15, 0.2) is 0 Å². The highest BCUT2D eigenvalue weighted by Crippen LogP contribution is 2.28. The molecule has 3 amide bonds. The van der Waals surface area contributed by atoms with Gasteiger partial charge in [0.1, 0.15) is 0 Å². The van der Waals surface area contributed by atoms with Gasteiger partial charge >= 0.3 is 0 Å². The first kappa shape index (κ1) is 21.4. The monoisotopic (exact) mass is 437 g/mol. The molecular weight excluding hydrogens is 414 g/mol. The van der Waals surface area contributed by atoms with Gasteiger partial charge in [-0.05, 0) is 36.4 Å². The van der Waals surface area contributed by atoms with Crippen LogP contribution in [0.25, 0.3) is 0 Å². The Bertz CT molecular complexity index is 1050. The number of rotatable bonds is 5. The molecular formula is C22H23N5O5. The number of nitrogens with zero attached hydrogens (tertiary/aromatic N) is 4. The lowest BCUT2D eigenvalue weighted by Gasteiger charge is -2.38. The molecule has 1 unspecified atom stereocenters. The molecule has 1 N–H and O–H groups in total. The fourth-order valence-electron chi connectivity index (χ4n) is 4.15. The Labute approximate surface area is 184 Å². The highest BCUT2D eigenvalue weighted by Gasteiger charge is 2.43. The number of piperazine rings is 1. The first-order chi connectivity index (χ1) is 15.3. The maximum Gasteiger partial charge on any atom is 0.269 e. The highest BCUT2D eigenvalue weighted by molar-refractivity contribution is 6.22. The molecule has 10 heteroatoms. The SMILES string of the molecule is CC(=O)Nc1ccc(N2C(=O)CC(N3CCN(c4ccc([N+](=O)[O-])cc4)CC3)C2=O)cc1. The van der Waals surface area contributed by atoms with Gasteiger partial charge in [-0.15, -0.1) is 0 Å². The molecule has 32 heavy (non-hydrogen) atoms. The molecule has 2 heterocycles. The molecule has 4 rings (SSSR count). The summed E-state index contributed by atoms with van der Waals surface area (Å²) in [5.74, 6) is -0.685. The lowest BCUT2D eigenvalue weighted by Crippen LogP contribution is -2.52. The van der Waals surface area contributed by atoms with Gasteiger partial charge in [0.2, 0.25) is 11.8 Å². The molecule has 166 valence electrons. The van der Waals surface area contributed by atoms with Crippen molar-refractivity contribution in [2.75, 3.05) is 41.3 Å². The number of carbonyl (C=O) groups is 3. The minimum absolute atomic E-state index is 0.0487. The largest absolute Gasteiger partial charge is 0.369 e. The van der Waals surface area contributed by atoms with Crippen LogP contribution in [0.1, 0.15) is 13.3 Å². The van der Waals surface area contributed by atoms with Gasteiger partial charge in [-0.3, -0.25) is 29.4 Å². The normalized spacial score (nSPS) is 19.3. The molecule has 0 aromatic heterocycles. The van der Waals surface area contributed by atoms with Crippen molar-refractivity contribution in [2.24, 2.45) is 0 Å². The molecule has 1 atom stereocenters. The van der Waals surface area contributed by atoms with E-state index in [-0.39, 0.29) is 29.8 Å². The fourth-order valence-corrected chi connectivity index (χ4v) is 4.15. The van der Waals surface area contributed by atoms with Crippen molar-refractivity contribution in [3.05, 3.63) is 58.6 Å². The van der Waals surface area contributed by atoms with Crippen molar-refractivity contribution in [1.29, 1.82) is 0 Å². The molecule has 2 aliphatic heterocycles. The molecule has 0 spiro atoms. The van der Waals surface area contributed by atoms with E-state index in [1.807, 2.05) is 4.90 Å². The maximum absolute atomic E-state index is 13.0. The van der Waals surface area contributed by atoms with E-state index in [1.165, 1.54) is 24.0 Å². The number of imide groups is 1. The molecule has 2 aliphatic rings. The maximum atomic E-state index is 13.0. The Hall–Kier alpha value is -3.79. The Morgan fingerprint density at radius 1 is 0.969 bits per heavy atom. The van der Waals surface area contributed by atoms with Gasteiger partial charge in [-0.25, -0.2) is 4.90 Å². The van der Waals surface area contributed by atoms with Crippen molar-refractivity contribution in [2.45, 2.75) is 19.4 Å². The summed E-state index contributed by atoms with van der Waals surface area (Å²) in [5, 5.41) is 13.5. The summed E-state index contributed by atoms with van der Waals surface area (Å²) in [6.07, 6.45) is 0.129. The summed E-state index contributed by atoms with van der Waals surface area (Å²) in [4.78, 5) is 52.6. The van der Waals surface area contributed by atoms with Crippen LogP contribution in [0.5, 0.6) is 0 Å². The van der Waals surface area contributed by atoms with Crippen molar-refractivity contribution in [1.82, 2.24) is 4.90 Å². The van der Waals surface area contributed by atoms with E-state index in [0.717, 1.165) is 5.69 Å². The van der Waals surface area contributed by atoms with E-state index in [1.54, 1.807) is 36.4 Å². The van der Waals surface area contributed by atoms with Crippen LogP contribution < -0.4 is 15.1 Å². The van der Waals surface area contributed by atoms with Crippen LogP contribution in [0, 0.1) is 10.1 Å². The molecule has 0 bridgehead atoms. The van der Waals surface area contributed by atoms with Gasteiger partial charge < -0.3 is 10.2 Å². The summed E-state index contributed by atoms with van der Waals surface area (Å²) in [5.41, 5.74) is 2.03. The second kappa shape index (κ2) is 8.75. The number of amides is 3. The summed E-state index contributed by atoms with van der Waals surface area (Å²) in [6, 6.07) is 12.5. The minimum Gasteiger partial charge on any atom is -0.369 e. The lowest BCUT2D eigenvalue weighted by molar-refractivity contribution is -0.384. The van der Waals surface area contributed by atoms with Gasteiger partial charge in [-0.1, -0.05) is 0 Å². The smallest absolute Gasteiger partial charge is 0.269 e. The Balaban J connectivity index is 1.39. The van der Waals surface area contributed by atoms with Gasteiger partial charge in [-0.2, -0.15) is 0 Å². The predicted octanol–water partition coefficient (Wildman–Crippen LogP) is 2.01. The standard InChI is InChI=1S/C22H23N5O5/c1-15(28)23-16-2-4-18(5-3-16)26-21(29)14-20(22(26)30)25-12-10-24(11-13-25)17-6-8-19(9-7-17)27(31)32/h2-9,20H,10-14H2,1H3,(H,23,28). The van der Waals surface area contributed by atoms with Gasteiger partial charge in [0, 0.05) is 56.6 Å². The Morgan fingerprint density at radius 3 is 2.12 bits per heavy atom. The zero-order valence-corrected chi connectivity index (χ0v) is 17.6. The van der Waals surface area contributed by atoms with Crippen molar-refractivity contribution in [3.8, 4) is 0 Å². The first-order valence-electron chi connectivity index (χ1n) is 10.3. The van der Waals surface area contributed by atoms with E-state index >= 15 is 0 Å². The van der Waals surface area contributed by atoms with Crippen molar-refractivity contribution >= 4 is 40.5 Å². The lowest BCUT2D eigenvalue weighted by atomic mass is 10.1. The Morgan fingerprint density at radius 2 is 1.56 bits per heavy atom.